The summed E-state index contributed by atoms with van der Waals surface area (Å²) in [5.74, 6) is 0. The molecule has 0 aliphatic heterocycles. The van der Waals surface area contributed by atoms with Crippen molar-refractivity contribution in [2.45, 2.75) is 9.87 Å². The first-order valence-corrected chi connectivity index (χ1v) is 8.67. The fourth-order valence-corrected chi connectivity index (χ4v) is 4.00. The van der Waals surface area contributed by atoms with Crippen LogP contribution >= 0.6 is 0 Å². The first-order chi connectivity index (χ1) is 8.56. The molecule has 20 heavy (non-hydrogen) atoms. The number of hydrogen-bond acceptors (Lipinski definition) is 8. The molecule has 0 saturated heterocycles. The molecule has 0 amide bonds. The third kappa shape index (κ3) is 2.40. The average molecular weight is 352 g/mol. The molecule has 2 unspecified atom stereocenters. The second kappa shape index (κ2) is 4.31. The Morgan fingerprint density at radius 2 is 1.20 bits per heavy atom. The molecule has 2 atom stereocenters. The van der Waals surface area contributed by atoms with Crippen LogP contribution in [0.15, 0.2) is 23.1 Å². The van der Waals surface area contributed by atoms with Crippen molar-refractivity contribution in [3.05, 3.63) is 23.1 Å². The summed E-state index contributed by atoms with van der Waals surface area (Å²) in [6.45, 7) is 0. The zero-order chi connectivity index (χ0) is 16.2. The third-order valence-corrected chi connectivity index (χ3v) is 5.84. The summed E-state index contributed by atoms with van der Waals surface area (Å²) < 4.78 is 92.0. The molecule has 0 spiro atoms. The van der Waals surface area contributed by atoms with Gasteiger partial charge in [0.15, 0.2) is 0 Å². The quantitative estimate of drug-likeness (QED) is 0.335. The van der Waals surface area contributed by atoms with Gasteiger partial charge in [0.2, 0.25) is 0 Å². The molecule has 0 heterocycles. The lowest BCUT2D eigenvalue weighted by Gasteiger charge is -2.36. The summed E-state index contributed by atoms with van der Waals surface area (Å²) >= 11 is 0. The van der Waals surface area contributed by atoms with Crippen LogP contribution in [-0.4, -0.2) is 59.0 Å². The number of rotatable bonds is 3. The van der Waals surface area contributed by atoms with Gasteiger partial charge in [0.05, 0.1) is 4.91 Å². The summed E-state index contributed by atoms with van der Waals surface area (Å²) in [4.78, 5) is -9.47. The fraction of sp³-hybridized carbons (Fsp3) is 0.333. The van der Waals surface area contributed by atoms with E-state index in [9.17, 15) is 35.5 Å². The van der Waals surface area contributed by atoms with Crippen LogP contribution in [0.3, 0.4) is 0 Å². The summed E-state index contributed by atoms with van der Waals surface area (Å²) in [7, 11) is -16.7. The predicted octanol–water partition coefficient (Wildman–Crippen LogP) is -2.52. The Bertz CT molecular complexity index is 798. The molecule has 0 aromatic rings. The van der Waals surface area contributed by atoms with Gasteiger partial charge in [-0.2, -0.15) is 25.3 Å². The van der Waals surface area contributed by atoms with Crippen molar-refractivity contribution in [3.8, 4) is 0 Å². The monoisotopic (exact) mass is 352 g/mol. The van der Waals surface area contributed by atoms with Crippen molar-refractivity contribution in [2.24, 2.45) is 0 Å². The molecule has 1 rings (SSSR count). The van der Waals surface area contributed by atoms with Gasteiger partial charge in [-0.1, -0.05) is 0 Å². The number of aliphatic hydroxyl groups is 2. The van der Waals surface area contributed by atoms with Gasteiger partial charge in [-0.3, -0.25) is 13.7 Å². The van der Waals surface area contributed by atoms with Crippen molar-refractivity contribution < 1.29 is 49.1 Å². The molecule has 1 aliphatic rings. The zero-order valence-electron chi connectivity index (χ0n) is 9.14. The summed E-state index contributed by atoms with van der Waals surface area (Å²) in [6, 6.07) is 0. The van der Waals surface area contributed by atoms with E-state index in [2.05, 4.69) is 0 Å². The summed E-state index contributed by atoms with van der Waals surface area (Å²) in [6.07, 6.45) is -0.257. The maximum absolute atomic E-state index is 11.1. The van der Waals surface area contributed by atoms with E-state index in [1.54, 1.807) is 0 Å². The standard InChI is InChI=1S/C6H8O11S3/c7-5(19(12,13)14)2-1-4(18(9,10)11)3-6(5,8)20(15,16)17/h1-3,7-8H,(H,9,10,11)(H,12,13,14)(H,15,16,17). The van der Waals surface area contributed by atoms with Crippen molar-refractivity contribution in [3.63, 3.8) is 0 Å². The smallest absolute Gasteiger partial charge is 0.303 e. The van der Waals surface area contributed by atoms with Gasteiger partial charge in [0, 0.05) is 0 Å². The molecular formula is C6H8O11S3. The van der Waals surface area contributed by atoms with Crippen LogP contribution in [0.5, 0.6) is 0 Å². The van der Waals surface area contributed by atoms with Crippen LogP contribution in [0.4, 0.5) is 0 Å². The van der Waals surface area contributed by atoms with E-state index >= 15 is 0 Å². The lowest BCUT2D eigenvalue weighted by Crippen LogP contribution is -2.62. The maximum atomic E-state index is 11.1. The molecule has 0 aromatic heterocycles. The van der Waals surface area contributed by atoms with Gasteiger partial charge in [-0.25, -0.2) is 0 Å². The fourth-order valence-electron chi connectivity index (χ4n) is 1.35. The third-order valence-electron chi connectivity index (χ3n) is 2.41. The highest BCUT2D eigenvalue weighted by atomic mass is 32.2. The molecule has 14 heteroatoms. The second-order valence-electron chi connectivity index (χ2n) is 3.70. The second-order valence-corrected chi connectivity index (χ2v) is 8.26. The van der Waals surface area contributed by atoms with Crippen molar-refractivity contribution in [1.82, 2.24) is 0 Å². The largest absolute Gasteiger partial charge is 0.366 e. The van der Waals surface area contributed by atoms with Gasteiger partial charge in [-0.15, -0.1) is 0 Å². The molecule has 0 fully saturated rings. The summed E-state index contributed by atoms with van der Waals surface area (Å²) in [5.41, 5.74) is 0. The lowest BCUT2D eigenvalue weighted by molar-refractivity contribution is 0.00400. The number of hydrogen-bond donors (Lipinski definition) is 5. The first kappa shape index (κ1) is 17.2. The zero-order valence-corrected chi connectivity index (χ0v) is 11.6. The Hall–Kier alpha value is -0.870. The highest BCUT2D eigenvalue weighted by Crippen LogP contribution is 2.39. The van der Waals surface area contributed by atoms with Gasteiger partial charge in [0.25, 0.3) is 20.0 Å². The van der Waals surface area contributed by atoms with Crippen molar-refractivity contribution in [1.29, 1.82) is 0 Å². The molecule has 11 nitrogen and oxygen atoms in total. The Kier molecular flexibility index (Phi) is 3.70. The molecule has 0 radical (unpaired) electrons. The lowest BCUT2D eigenvalue weighted by atomic mass is 10.1. The van der Waals surface area contributed by atoms with Gasteiger partial charge < -0.3 is 10.2 Å². The summed E-state index contributed by atoms with van der Waals surface area (Å²) in [5, 5.41) is 19.3. The SMILES string of the molecule is O=S(=O)(O)C1=CC(O)(S(=O)(=O)O)C(O)(S(=O)(=O)O)C=C1. The normalized spacial score (nSPS) is 31.9. The van der Waals surface area contributed by atoms with E-state index in [0.29, 0.717) is 0 Å². The number of allylic oxidation sites excluding steroid dienone is 1. The Balaban J connectivity index is 3.85. The van der Waals surface area contributed by atoms with E-state index in [0.717, 1.165) is 0 Å². The Morgan fingerprint density at radius 1 is 0.800 bits per heavy atom. The van der Waals surface area contributed by atoms with Crippen LogP contribution < -0.4 is 0 Å². The molecule has 116 valence electrons. The Labute approximate surface area is 113 Å². The van der Waals surface area contributed by atoms with Crippen LogP contribution in [0.2, 0.25) is 0 Å². The van der Waals surface area contributed by atoms with Gasteiger partial charge in [-0.05, 0) is 18.2 Å². The van der Waals surface area contributed by atoms with Crippen LogP contribution in [0, 0.1) is 0 Å². The molecule has 1 aliphatic carbocycles. The molecule has 0 aromatic carbocycles. The topological polar surface area (TPSA) is 204 Å². The first-order valence-electron chi connectivity index (χ1n) is 4.35. The minimum absolute atomic E-state index is 0.126. The van der Waals surface area contributed by atoms with E-state index < -0.39 is 45.1 Å². The maximum Gasteiger partial charge on any atom is 0.303 e. The Morgan fingerprint density at radius 3 is 1.50 bits per heavy atom. The minimum Gasteiger partial charge on any atom is -0.366 e. The van der Waals surface area contributed by atoms with Crippen molar-refractivity contribution >= 4 is 30.4 Å². The molecule has 5 N–H and O–H groups in total. The highest BCUT2D eigenvalue weighted by molar-refractivity contribution is 7.92. The van der Waals surface area contributed by atoms with Crippen LogP contribution in [0.1, 0.15) is 0 Å². The highest BCUT2D eigenvalue weighted by Gasteiger charge is 2.65. The van der Waals surface area contributed by atoms with E-state index in [4.69, 9.17) is 13.7 Å². The molecular weight excluding hydrogens is 344 g/mol. The molecule has 0 bridgehead atoms. The van der Waals surface area contributed by atoms with E-state index in [1.807, 2.05) is 0 Å². The van der Waals surface area contributed by atoms with E-state index in [-0.39, 0.29) is 18.2 Å². The minimum atomic E-state index is -5.85. The van der Waals surface area contributed by atoms with Crippen LogP contribution in [-0.2, 0) is 30.4 Å². The average Bonchev–Trinajstić information content (AvgIpc) is 2.17. The molecule has 0 saturated carbocycles. The van der Waals surface area contributed by atoms with Crippen molar-refractivity contribution in [2.75, 3.05) is 0 Å². The predicted molar refractivity (Wildman–Crippen MR) is 61.8 cm³/mol. The van der Waals surface area contributed by atoms with Gasteiger partial charge >= 0.3 is 20.2 Å². The van der Waals surface area contributed by atoms with Gasteiger partial charge in [0.1, 0.15) is 0 Å². The van der Waals surface area contributed by atoms with Crippen LogP contribution in [0.25, 0.3) is 0 Å². The van der Waals surface area contributed by atoms with E-state index in [1.165, 1.54) is 0 Å².